The molecule has 0 aliphatic carbocycles. The molecule has 0 heterocycles. The number of carbonyl (C=O) groups excluding carboxylic acids is 2. The molecule has 3 atom stereocenters. The van der Waals surface area contributed by atoms with Gasteiger partial charge in [0, 0.05) is 12.8 Å². The van der Waals surface area contributed by atoms with Crippen LogP contribution in [0.4, 0.5) is 0 Å². The highest BCUT2D eigenvalue weighted by atomic mass is 16.7. The lowest BCUT2D eigenvalue weighted by atomic mass is 9.70. The number of hydrogen-bond donors (Lipinski definition) is 6. The Balaban J connectivity index is 3.92. The average Bonchev–Trinajstić information content (AvgIpc) is 2.80. The summed E-state index contributed by atoms with van der Waals surface area (Å²) in [5.41, 5.74) is 6.78. The Morgan fingerprint density at radius 3 is 1.73 bits per heavy atom. The third-order valence-electron chi connectivity index (χ3n) is 6.47. The Morgan fingerprint density at radius 2 is 1.30 bits per heavy atom. The van der Waals surface area contributed by atoms with Crippen molar-refractivity contribution in [2.75, 3.05) is 0 Å². The Hall–Kier alpha value is -3.19. The van der Waals surface area contributed by atoms with Crippen molar-refractivity contribution in [3.63, 3.8) is 0 Å². The number of ketones is 2. The molecule has 12 heteroatoms. The minimum atomic E-state index is -2.52. The molecule has 12 nitrogen and oxygen atoms in total. The monoisotopic (exact) mass is 565 g/mol. The van der Waals surface area contributed by atoms with E-state index in [1.165, 1.54) is 13.8 Å². The molecule has 0 aliphatic heterocycles. The fourth-order valence-electron chi connectivity index (χ4n) is 4.67. The van der Waals surface area contributed by atoms with Gasteiger partial charge in [0.05, 0.1) is 12.0 Å². The predicted molar refractivity (Wildman–Crippen MR) is 146 cm³/mol. The molecule has 0 radical (unpaired) electrons. The summed E-state index contributed by atoms with van der Waals surface area (Å²) in [7, 11) is 0. The number of nitrogens with one attached hydrogen (secondary N) is 1. The van der Waals surface area contributed by atoms with Gasteiger partial charge in [-0.1, -0.05) is 58.0 Å². The zero-order chi connectivity index (χ0) is 31.1. The zero-order valence-electron chi connectivity index (χ0n) is 24.0. The molecule has 0 bridgehead atoms. The molecular formula is C28H43N3O9. The van der Waals surface area contributed by atoms with Crippen molar-refractivity contribution in [3.8, 4) is 0 Å². The van der Waals surface area contributed by atoms with Crippen LogP contribution in [0, 0.1) is 11.8 Å². The summed E-state index contributed by atoms with van der Waals surface area (Å²) in [4.78, 5) is 69.9. The lowest BCUT2D eigenvalue weighted by Gasteiger charge is -2.41. The lowest BCUT2D eigenvalue weighted by molar-refractivity contribution is -0.170. The van der Waals surface area contributed by atoms with E-state index >= 15 is 0 Å². The summed E-state index contributed by atoms with van der Waals surface area (Å²) >= 11 is 0. The predicted octanol–water partition coefficient (Wildman–Crippen LogP) is 1.93. The molecule has 3 unspecified atom stereocenters. The molecular weight excluding hydrogens is 522 g/mol. The highest BCUT2D eigenvalue weighted by molar-refractivity contribution is 6.15. The van der Waals surface area contributed by atoms with E-state index in [9.17, 15) is 39.3 Å². The molecule has 0 saturated heterocycles. The van der Waals surface area contributed by atoms with E-state index in [-0.39, 0.29) is 31.1 Å². The first-order valence-corrected chi connectivity index (χ1v) is 13.0. The number of aliphatic carboxylic acids is 3. The van der Waals surface area contributed by atoms with Gasteiger partial charge in [-0.15, -0.1) is 0 Å². The quantitative estimate of drug-likeness (QED) is 0.111. The normalized spacial score (nSPS) is 16.6. The van der Waals surface area contributed by atoms with Crippen molar-refractivity contribution in [2.24, 2.45) is 23.3 Å². The fourth-order valence-corrected chi connectivity index (χ4v) is 4.67. The molecule has 1 aromatic rings. The Morgan fingerprint density at radius 1 is 0.825 bits per heavy atom. The third-order valence-corrected chi connectivity index (χ3v) is 6.47. The van der Waals surface area contributed by atoms with E-state index in [1.807, 2.05) is 0 Å². The molecule has 0 fully saturated rings. The van der Waals surface area contributed by atoms with Crippen LogP contribution in [0.15, 0.2) is 30.3 Å². The molecule has 0 aliphatic rings. The molecule has 224 valence electrons. The zero-order valence-corrected chi connectivity index (χ0v) is 24.0. The van der Waals surface area contributed by atoms with Crippen molar-refractivity contribution in [3.05, 3.63) is 35.9 Å². The second kappa shape index (κ2) is 13.4. The molecule has 1 aromatic carbocycles. The van der Waals surface area contributed by atoms with Crippen LogP contribution in [0.25, 0.3) is 0 Å². The highest BCUT2D eigenvalue weighted by Crippen LogP contribution is 2.32. The van der Waals surface area contributed by atoms with Crippen molar-refractivity contribution < 1.29 is 44.1 Å². The maximum Gasteiger partial charge on any atom is 0.331 e. The standard InChI is InChI=1S/C28H43N3O9/c1-17(2)12-27(29,23(36)37)20(32)15-26(14-19-10-8-7-9-11-19,31-40-25(5,6)16-21(33)34)22(35)28(30,24(38)39)13-18(3)4/h7-11,17-18,31H,12-16,29-30H2,1-6H3,(H,33,34)(H,36,37)(H,38,39). The summed E-state index contributed by atoms with van der Waals surface area (Å²) in [6, 6.07) is 8.27. The molecule has 0 aromatic heterocycles. The van der Waals surface area contributed by atoms with Crippen LogP contribution in [0.2, 0.25) is 0 Å². The van der Waals surface area contributed by atoms with Crippen LogP contribution in [0.1, 0.15) is 72.8 Å². The molecule has 0 spiro atoms. The van der Waals surface area contributed by atoms with Gasteiger partial charge in [0.15, 0.2) is 22.6 Å². The van der Waals surface area contributed by atoms with Crippen LogP contribution in [-0.4, -0.2) is 67.0 Å². The second-order valence-electron chi connectivity index (χ2n) is 12.0. The van der Waals surface area contributed by atoms with Gasteiger partial charge in [-0.2, -0.15) is 5.48 Å². The van der Waals surface area contributed by atoms with Crippen LogP contribution in [0.5, 0.6) is 0 Å². The van der Waals surface area contributed by atoms with Crippen LogP contribution < -0.4 is 16.9 Å². The number of carboxylic acid groups (broad SMARTS) is 3. The van der Waals surface area contributed by atoms with Gasteiger partial charge in [-0.05, 0) is 44.1 Å². The molecule has 40 heavy (non-hydrogen) atoms. The van der Waals surface area contributed by atoms with Crippen LogP contribution >= 0.6 is 0 Å². The van der Waals surface area contributed by atoms with Gasteiger partial charge in [0.25, 0.3) is 0 Å². The maximum atomic E-state index is 14.4. The fraction of sp³-hybridized carbons (Fsp3) is 0.607. The molecule has 8 N–H and O–H groups in total. The van der Waals surface area contributed by atoms with Crippen molar-refractivity contribution in [2.45, 2.75) is 95.9 Å². The third kappa shape index (κ3) is 8.91. The highest BCUT2D eigenvalue weighted by Gasteiger charge is 2.57. The second-order valence-corrected chi connectivity index (χ2v) is 12.0. The Bertz CT molecular complexity index is 1090. The van der Waals surface area contributed by atoms with Gasteiger partial charge in [-0.3, -0.25) is 19.2 Å². The van der Waals surface area contributed by atoms with Crippen molar-refractivity contribution in [1.29, 1.82) is 0 Å². The Kier molecular flexibility index (Phi) is 11.7. The SMILES string of the molecule is CC(C)CC(N)(C(=O)O)C(=O)CC(Cc1ccccc1)(NOC(C)(C)CC(=O)O)C(=O)C(N)(CC(C)C)C(=O)O. The summed E-state index contributed by atoms with van der Waals surface area (Å²) < 4.78 is 0. The number of Topliss-reactive ketones (excluding diaryl/α,β-unsaturated/α-hetero) is 2. The maximum absolute atomic E-state index is 14.4. The van der Waals surface area contributed by atoms with E-state index in [4.69, 9.17) is 16.3 Å². The number of benzene rings is 1. The van der Waals surface area contributed by atoms with Gasteiger partial charge in [-0.25, -0.2) is 9.59 Å². The van der Waals surface area contributed by atoms with Gasteiger partial charge >= 0.3 is 17.9 Å². The van der Waals surface area contributed by atoms with Crippen molar-refractivity contribution in [1.82, 2.24) is 5.48 Å². The number of carbonyl (C=O) groups is 5. The molecule has 0 amide bonds. The van der Waals surface area contributed by atoms with E-state index in [0.29, 0.717) is 5.56 Å². The van der Waals surface area contributed by atoms with Crippen LogP contribution in [0.3, 0.4) is 0 Å². The van der Waals surface area contributed by atoms with E-state index < -0.39 is 64.5 Å². The van der Waals surface area contributed by atoms with Gasteiger partial charge < -0.3 is 26.8 Å². The first-order valence-electron chi connectivity index (χ1n) is 13.0. The summed E-state index contributed by atoms with van der Waals surface area (Å²) in [5.74, 6) is -7.36. The van der Waals surface area contributed by atoms with E-state index in [0.717, 1.165) is 0 Å². The van der Waals surface area contributed by atoms with E-state index in [1.54, 1.807) is 58.0 Å². The Labute approximate surface area is 234 Å². The number of hydrogen-bond acceptors (Lipinski definition) is 9. The number of nitrogens with two attached hydrogens (primary N) is 2. The number of carboxylic acids is 3. The average molecular weight is 566 g/mol. The number of rotatable bonds is 18. The van der Waals surface area contributed by atoms with Gasteiger partial charge in [0.2, 0.25) is 0 Å². The first-order chi connectivity index (χ1) is 18.2. The summed E-state index contributed by atoms with van der Waals surface area (Å²) in [5, 5.41) is 29.4. The lowest BCUT2D eigenvalue weighted by Crippen LogP contribution is -2.70. The van der Waals surface area contributed by atoms with E-state index in [2.05, 4.69) is 5.48 Å². The molecule has 0 saturated carbocycles. The largest absolute Gasteiger partial charge is 0.481 e. The molecule has 1 rings (SSSR count). The smallest absolute Gasteiger partial charge is 0.331 e. The topological polar surface area (TPSA) is 219 Å². The summed E-state index contributed by atoms with van der Waals surface area (Å²) in [6.45, 7) is 9.51. The first kappa shape index (κ1) is 34.8. The summed E-state index contributed by atoms with van der Waals surface area (Å²) in [6.07, 6.45) is -2.34. The van der Waals surface area contributed by atoms with Crippen LogP contribution in [-0.2, 0) is 35.2 Å². The van der Waals surface area contributed by atoms with Crippen molar-refractivity contribution >= 4 is 29.5 Å². The number of hydroxylamine groups is 1. The van der Waals surface area contributed by atoms with Gasteiger partial charge in [0.1, 0.15) is 5.54 Å². The minimum Gasteiger partial charge on any atom is -0.481 e. The minimum absolute atomic E-state index is 0.263.